The average molecular weight is 518 g/mol. The normalized spacial score (nSPS) is 11.8. The number of methoxy groups -OCH3 is 1. The fourth-order valence-electron chi connectivity index (χ4n) is 4.68. The van der Waals surface area contributed by atoms with Gasteiger partial charge in [-0.1, -0.05) is 35.3 Å². The molecule has 0 amide bonds. The van der Waals surface area contributed by atoms with Crippen molar-refractivity contribution in [1.82, 2.24) is 24.1 Å². The van der Waals surface area contributed by atoms with Gasteiger partial charge in [-0.15, -0.1) is 0 Å². The monoisotopic (exact) mass is 517 g/mol. The van der Waals surface area contributed by atoms with Crippen molar-refractivity contribution in [3.63, 3.8) is 0 Å². The van der Waals surface area contributed by atoms with Crippen LogP contribution in [0.5, 0.6) is 0 Å². The predicted octanol–water partition coefficient (Wildman–Crippen LogP) is 5.89. The van der Waals surface area contributed by atoms with E-state index in [9.17, 15) is 4.79 Å². The highest BCUT2D eigenvalue weighted by molar-refractivity contribution is 6.31. The topological polar surface area (TPSA) is 77.2 Å². The number of rotatable bonds is 6. The molecule has 4 heterocycles. The molecule has 0 saturated carbocycles. The number of nitrogens with one attached hydrogen (secondary N) is 1. The van der Waals surface area contributed by atoms with E-state index < -0.39 is 0 Å². The first kappa shape index (κ1) is 22.8. The van der Waals surface area contributed by atoms with Crippen LogP contribution in [0, 0.1) is 0 Å². The van der Waals surface area contributed by atoms with Crippen LogP contribution < -0.4 is 5.56 Å². The summed E-state index contributed by atoms with van der Waals surface area (Å²) in [6.07, 6.45) is 6.09. The molecule has 36 heavy (non-hydrogen) atoms. The van der Waals surface area contributed by atoms with Gasteiger partial charge in [-0.25, -0.2) is 9.50 Å². The maximum atomic E-state index is 13.4. The van der Waals surface area contributed by atoms with Crippen LogP contribution >= 0.6 is 23.2 Å². The largest absolute Gasteiger partial charge is 0.378 e. The van der Waals surface area contributed by atoms with Gasteiger partial charge in [0.15, 0.2) is 5.65 Å². The summed E-state index contributed by atoms with van der Waals surface area (Å²) in [5.74, 6) is 0. The first-order valence-electron chi connectivity index (χ1n) is 11.4. The number of ether oxygens (including phenoxy) is 1. The highest BCUT2D eigenvalue weighted by atomic mass is 35.5. The maximum Gasteiger partial charge on any atom is 0.261 e. The molecular formula is C27H21Cl2N5O2. The van der Waals surface area contributed by atoms with Gasteiger partial charge in [-0.3, -0.25) is 4.79 Å². The zero-order valence-corrected chi connectivity index (χ0v) is 20.8. The molecule has 4 aromatic heterocycles. The van der Waals surface area contributed by atoms with Crippen molar-refractivity contribution in [3.8, 4) is 11.1 Å². The predicted molar refractivity (Wildman–Crippen MR) is 143 cm³/mol. The van der Waals surface area contributed by atoms with Gasteiger partial charge in [-0.2, -0.15) is 5.10 Å². The van der Waals surface area contributed by atoms with E-state index in [4.69, 9.17) is 33.0 Å². The Balaban J connectivity index is 1.41. The van der Waals surface area contributed by atoms with Crippen LogP contribution in [0.3, 0.4) is 0 Å². The first-order chi connectivity index (χ1) is 17.5. The molecule has 6 aromatic rings. The number of pyridine rings is 1. The van der Waals surface area contributed by atoms with Crippen molar-refractivity contribution < 1.29 is 4.74 Å². The van der Waals surface area contributed by atoms with Crippen molar-refractivity contribution in [2.75, 3.05) is 7.11 Å². The third-order valence-corrected chi connectivity index (χ3v) is 6.91. The summed E-state index contributed by atoms with van der Waals surface area (Å²) >= 11 is 12.3. The summed E-state index contributed by atoms with van der Waals surface area (Å²) in [5, 5.41) is 7.67. The Kier molecular flexibility index (Phi) is 5.76. The molecule has 0 spiro atoms. The second kappa shape index (κ2) is 9.09. The van der Waals surface area contributed by atoms with Crippen molar-refractivity contribution in [2.45, 2.75) is 19.6 Å². The van der Waals surface area contributed by atoms with Gasteiger partial charge in [-0.05, 0) is 53.9 Å². The van der Waals surface area contributed by atoms with Gasteiger partial charge in [0.2, 0.25) is 0 Å². The minimum atomic E-state index is -0.114. The highest BCUT2D eigenvalue weighted by Gasteiger charge is 2.19. The molecule has 0 radical (unpaired) electrons. The Morgan fingerprint density at radius 3 is 2.64 bits per heavy atom. The number of halogens is 2. The second-order valence-corrected chi connectivity index (χ2v) is 9.50. The Morgan fingerprint density at radius 2 is 1.83 bits per heavy atom. The van der Waals surface area contributed by atoms with Crippen LogP contribution in [0.25, 0.3) is 38.6 Å². The van der Waals surface area contributed by atoms with Gasteiger partial charge in [0.05, 0.1) is 28.8 Å². The van der Waals surface area contributed by atoms with Crippen molar-refractivity contribution in [1.29, 1.82) is 0 Å². The molecule has 0 aliphatic rings. The van der Waals surface area contributed by atoms with E-state index in [0.717, 1.165) is 33.3 Å². The fraction of sp³-hybridized carbons (Fsp3) is 0.148. The standard InChI is InChI=1S/C27H21Cl2N5O2/c1-36-15-23-25(16-2-4-18(28)5-3-16)26-31-14-21-24(34(26)32-23)9-11-33(27(21)35)10-8-17-13-30-22-7-6-19(29)12-20(17)22/h2-7,9,11-14,30H,8,10,15H2,1H3. The van der Waals surface area contributed by atoms with Crippen LogP contribution in [0.15, 0.2) is 71.9 Å². The van der Waals surface area contributed by atoms with Crippen molar-refractivity contribution >= 4 is 50.7 Å². The van der Waals surface area contributed by atoms with E-state index >= 15 is 0 Å². The van der Waals surface area contributed by atoms with Gasteiger partial charge < -0.3 is 14.3 Å². The molecule has 0 aliphatic heterocycles. The molecule has 0 atom stereocenters. The number of aromatic amines is 1. The van der Waals surface area contributed by atoms with E-state index in [0.29, 0.717) is 46.2 Å². The number of hydrogen-bond donors (Lipinski definition) is 1. The van der Waals surface area contributed by atoms with E-state index in [1.807, 2.05) is 60.9 Å². The summed E-state index contributed by atoms with van der Waals surface area (Å²) in [6, 6.07) is 15.2. The molecular weight excluding hydrogens is 497 g/mol. The van der Waals surface area contributed by atoms with Crippen LogP contribution in [0.2, 0.25) is 10.0 Å². The Bertz CT molecular complexity index is 1800. The molecule has 0 saturated heterocycles. The molecule has 180 valence electrons. The lowest BCUT2D eigenvalue weighted by atomic mass is 10.1. The Labute approximate surface area is 215 Å². The Hall–Kier alpha value is -3.65. The number of aromatic nitrogens is 5. The molecule has 0 fully saturated rings. The zero-order chi connectivity index (χ0) is 24.8. The smallest absolute Gasteiger partial charge is 0.261 e. The zero-order valence-electron chi connectivity index (χ0n) is 19.3. The van der Waals surface area contributed by atoms with Gasteiger partial charge in [0, 0.05) is 53.2 Å². The third kappa shape index (κ3) is 3.86. The highest BCUT2D eigenvalue weighted by Crippen LogP contribution is 2.30. The fourth-order valence-corrected chi connectivity index (χ4v) is 4.98. The molecule has 6 rings (SSSR count). The summed E-state index contributed by atoms with van der Waals surface area (Å²) in [5.41, 5.74) is 5.89. The van der Waals surface area contributed by atoms with Gasteiger partial charge in [0.25, 0.3) is 5.56 Å². The van der Waals surface area contributed by atoms with Crippen LogP contribution in [0.4, 0.5) is 0 Å². The maximum absolute atomic E-state index is 13.4. The summed E-state index contributed by atoms with van der Waals surface area (Å²) in [7, 11) is 1.63. The van der Waals surface area contributed by atoms with Crippen LogP contribution in [-0.2, 0) is 24.3 Å². The van der Waals surface area contributed by atoms with E-state index in [-0.39, 0.29) is 5.56 Å². The molecule has 1 N–H and O–H groups in total. The summed E-state index contributed by atoms with van der Waals surface area (Å²) < 4.78 is 8.83. The molecule has 0 unspecified atom stereocenters. The molecule has 9 heteroatoms. The van der Waals surface area contributed by atoms with E-state index in [1.165, 1.54) is 0 Å². The lowest BCUT2D eigenvalue weighted by Crippen LogP contribution is -2.21. The number of H-pyrrole nitrogens is 1. The summed E-state index contributed by atoms with van der Waals surface area (Å²) in [4.78, 5) is 21.3. The van der Waals surface area contributed by atoms with Gasteiger partial charge in [0.1, 0.15) is 0 Å². The van der Waals surface area contributed by atoms with Crippen LogP contribution in [0.1, 0.15) is 11.3 Å². The second-order valence-electron chi connectivity index (χ2n) is 8.62. The molecule has 0 bridgehead atoms. The summed E-state index contributed by atoms with van der Waals surface area (Å²) in [6.45, 7) is 0.838. The van der Waals surface area contributed by atoms with Crippen molar-refractivity contribution in [2.24, 2.45) is 0 Å². The number of benzene rings is 2. The average Bonchev–Trinajstić information content (AvgIpc) is 3.45. The molecule has 2 aromatic carbocycles. The first-order valence-corrected chi connectivity index (χ1v) is 12.2. The lowest BCUT2D eigenvalue weighted by molar-refractivity contribution is 0.181. The number of hydrogen-bond acceptors (Lipinski definition) is 4. The molecule has 0 aliphatic carbocycles. The van der Waals surface area contributed by atoms with E-state index in [1.54, 1.807) is 22.4 Å². The quantitative estimate of drug-likeness (QED) is 0.299. The number of fused-ring (bicyclic) bond motifs is 4. The minimum absolute atomic E-state index is 0.114. The third-order valence-electron chi connectivity index (χ3n) is 6.42. The van der Waals surface area contributed by atoms with Crippen molar-refractivity contribution in [3.05, 3.63) is 98.8 Å². The molecule has 7 nitrogen and oxygen atoms in total. The SMILES string of the molecule is COCc1nn2c(ncc3c(=O)n(CCc4c[nH]c5ccc(Cl)cc45)ccc32)c1-c1ccc(Cl)cc1. The number of nitrogens with zero attached hydrogens (tertiary/aromatic N) is 4. The lowest BCUT2D eigenvalue weighted by Gasteiger charge is -2.08. The van der Waals surface area contributed by atoms with Gasteiger partial charge >= 0.3 is 0 Å². The minimum Gasteiger partial charge on any atom is -0.378 e. The number of aryl methyl sites for hydroxylation is 2. The van der Waals surface area contributed by atoms with E-state index in [2.05, 4.69) is 9.97 Å². The van der Waals surface area contributed by atoms with Crippen LogP contribution in [-0.4, -0.2) is 31.3 Å². The Morgan fingerprint density at radius 1 is 1.03 bits per heavy atom.